The molecule has 1 aliphatic heterocycles. The van der Waals surface area contributed by atoms with Crippen LogP contribution in [-0.2, 0) is 28.2 Å². The van der Waals surface area contributed by atoms with Crippen LogP contribution < -0.4 is 10.6 Å². The summed E-state index contributed by atoms with van der Waals surface area (Å²) in [5.74, 6) is 2.53. The number of aryl methyl sites for hydroxylation is 4. The van der Waals surface area contributed by atoms with E-state index in [4.69, 9.17) is 4.98 Å². The fraction of sp³-hybridized carbons (Fsp3) is 0.310. The van der Waals surface area contributed by atoms with Crippen molar-refractivity contribution in [1.29, 1.82) is 0 Å². The number of benzene rings is 2. The highest BCUT2D eigenvalue weighted by molar-refractivity contribution is 7.99. The number of thioether (sulfide) groups is 1. The topological polar surface area (TPSA) is 83.6 Å². The molecule has 0 saturated carbocycles. The highest BCUT2D eigenvalue weighted by Crippen LogP contribution is 2.39. The van der Waals surface area contributed by atoms with Crippen molar-refractivity contribution in [1.82, 2.24) is 38.0 Å². The van der Waals surface area contributed by atoms with Gasteiger partial charge in [-0.15, -0.1) is 0 Å². The van der Waals surface area contributed by atoms with E-state index in [1.165, 1.54) is 6.07 Å². The summed E-state index contributed by atoms with van der Waals surface area (Å²) in [6.45, 7) is 1.69. The van der Waals surface area contributed by atoms with Gasteiger partial charge in [-0.05, 0) is 29.8 Å². The molecule has 1 aliphatic rings. The van der Waals surface area contributed by atoms with E-state index in [9.17, 15) is 13.6 Å². The Morgan fingerprint density at radius 3 is 2.40 bits per heavy atom. The first-order valence-electron chi connectivity index (χ1n) is 13.6. The van der Waals surface area contributed by atoms with Crippen LogP contribution in [0.15, 0.2) is 54.0 Å². The van der Waals surface area contributed by atoms with Crippen molar-refractivity contribution in [2.75, 3.05) is 29.5 Å². The van der Waals surface area contributed by atoms with Crippen molar-refractivity contribution in [3.8, 4) is 28.3 Å². The largest absolute Gasteiger partial charge is 0.368 e. The van der Waals surface area contributed by atoms with Gasteiger partial charge in [-0.2, -0.15) is 16.9 Å². The van der Waals surface area contributed by atoms with Crippen LogP contribution in [-0.4, -0.2) is 62.6 Å². The summed E-state index contributed by atoms with van der Waals surface area (Å²) in [6.07, 6.45) is 3.99. The predicted molar refractivity (Wildman–Crippen MR) is 162 cm³/mol. The maximum absolute atomic E-state index is 14.6. The lowest BCUT2D eigenvalue weighted by molar-refractivity contribution is 0.152. The molecule has 10 nitrogen and oxygen atoms in total. The van der Waals surface area contributed by atoms with Crippen molar-refractivity contribution in [2.24, 2.45) is 28.2 Å². The Bertz CT molecular complexity index is 2040. The van der Waals surface area contributed by atoms with Crippen molar-refractivity contribution >= 4 is 39.5 Å². The molecule has 7 rings (SSSR count). The highest BCUT2D eigenvalue weighted by atomic mass is 32.2. The first-order valence-corrected chi connectivity index (χ1v) is 14.7. The molecule has 0 amide bonds. The number of nitrogens with zero attached hydrogens (tertiary/aromatic N) is 9. The van der Waals surface area contributed by atoms with Crippen LogP contribution in [0.5, 0.6) is 0 Å². The second kappa shape index (κ2) is 9.86. The third-order valence-corrected chi connectivity index (χ3v) is 9.00. The predicted octanol–water partition coefficient (Wildman–Crippen LogP) is 4.51. The molecule has 216 valence electrons. The molecule has 1 fully saturated rings. The average Bonchev–Trinajstić information content (AvgIpc) is 3.75. The Labute approximate surface area is 243 Å². The van der Waals surface area contributed by atoms with E-state index in [1.54, 1.807) is 65.9 Å². The van der Waals surface area contributed by atoms with Gasteiger partial charge in [0, 0.05) is 70.1 Å². The first kappa shape index (κ1) is 26.5. The van der Waals surface area contributed by atoms with Gasteiger partial charge in [-0.3, -0.25) is 18.4 Å². The summed E-state index contributed by atoms with van der Waals surface area (Å²) in [5, 5.41) is 4.20. The van der Waals surface area contributed by atoms with Gasteiger partial charge in [0.05, 0.1) is 52.2 Å². The van der Waals surface area contributed by atoms with Crippen LogP contribution in [0.2, 0.25) is 0 Å². The standard InChI is InChI=1S/C29H29F2N9OS/c1-35-16-32-14-25(35)28-34-21-11-19(17-13-33-36(2)15-17)20(27(30)31)12-22(21)40(28)18-9-23-26(38(4)29(41)37(23)3)24(10-18)39-5-7-42-8-6-39/h9-16,27H,5-8H2,1-4H3. The van der Waals surface area contributed by atoms with Crippen LogP contribution in [0.25, 0.3) is 50.4 Å². The zero-order valence-electron chi connectivity index (χ0n) is 23.6. The monoisotopic (exact) mass is 589 g/mol. The van der Waals surface area contributed by atoms with E-state index in [2.05, 4.69) is 21.0 Å². The minimum atomic E-state index is -2.72. The van der Waals surface area contributed by atoms with Crippen LogP contribution in [0.4, 0.5) is 14.5 Å². The number of halogens is 2. The van der Waals surface area contributed by atoms with Gasteiger partial charge in [0.2, 0.25) is 0 Å². The van der Waals surface area contributed by atoms with Gasteiger partial charge in [0.1, 0.15) is 5.69 Å². The number of alkyl halides is 2. The van der Waals surface area contributed by atoms with Gasteiger partial charge in [0.15, 0.2) is 5.82 Å². The molecule has 1 saturated heterocycles. The maximum atomic E-state index is 14.6. The molecule has 2 aromatic carbocycles. The fourth-order valence-corrected chi connectivity index (χ4v) is 6.83. The second-order valence-electron chi connectivity index (χ2n) is 10.6. The number of aromatic nitrogens is 8. The number of rotatable bonds is 5. The summed E-state index contributed by atoms with van der Waals surface area (Å²) in [4.78, 5) is 24.7. The molecular formula is C29H29F2N9OS. The number of imidazole rings is 3. The lowest BCUT2D eigenvalue weighted by Gasteiger charge is -2.30. The molecule has 0 spiro atoms. The van der Waals surface area contributed by atoms with E-state index in [1.807, 2.05) is 34.0 Å². The van der Waals surface area contributed by atoms with Crippen LogP contribution >= 0.6 is 11.8 Å². The van der Waals surface area contributed by atoms with Crippen LogP contribution in [0.3, 0.4) is 0 Å². The van der Waals surface area contributed by atoms with E-state index < -0.39 is 6.43 Å². The van der Waals surface area contributed by atoms with E-state index in [-0.39, 0.29) is 11.3 Å². The van der Waals surface area contributed by atoms with Gasteiger partial charge in [0.25, 0.3) is 6.43 Å². The van der Waals surface area contributed by atoms with Gasteiger partial charge in [-0.1, -0.05) is 0 Å². The smallest absolute Gasteiger partial charge is 0.328 e. The minimum Gasteiger partial charge on any atom is -0.368 e. The normalized spacial score (nSPS) is 14.2. The Morgan fingerprint density at radius 2 is 1.74 bits per heavy atom. The Kier molecular flexibility index (Phi) is 6.22. The molecule has 4 aromatic heterocycles. The summed E-state index contributed by atoms with van der Waals surface area (Å²) >= 11 is 1.91. The number of hydrogen-bond acceptors (Lipinski definition) is 6. The van der Waals surface area contributed by atoms with Gasteiger partial charge >= 0.3 is 5.69 Å². The van der Waals surface area contributed by atoms with Crippen molar-refractivity contribution in [2.45, 2.75) is 6.43 Å². The van der Waals surface area contributed by atoms with E-state index in [0.29, 0.717) is 28.0 Å². The average molecular weight is 590 g/mol. The quantitative estimate of drug-likeness (QED) is 0.294. The molecule has 42 heavy (non-hydrogen) atoms. The van der Waals surface area contributed by atoms with Gasteiger partial charge < -0.3 is 9.47 Å². The first-order chi connectivity index (χ1) is 20.2. The fourth-order valence-electron chi connectivity index (χ4n) is 5.92. The summed E-state index contributed by atoms with van der Waals surface area (Å²) in [7, 11) is 7.17. The lowest BCUT2D eigenvalue weighted by Crippen LogP contribution is -2.33. The molecule has 6 aromatic rings. The zero-order chi connectivity index (χ0) is 29.3. The minimum absolute atomic E-state index is 0.102. The highest BCUT2D eigenvalue weighted by Gasteiger charge is 2.26. The summed E-state index contributed by atoms with van der Waals surface area (Å²) < 4.78 is 37.9. The van der Waals surface area contributed by atoms with Crippen molar-refractivity contribution in [3.63, 3.8) is 0 Å². The third kappa shape index (κ3) is 4.05. The number of hydrogen-bond donors (Lipinski definition) is 0. The lowest BCUT2D eigenvalue weighted by atomic mass is 10.0. The molecule has 0 atom stereocenters. The molecule has 0 bridgehead atoms. The van der Waals surface area contributed by atoms with Crippen molar-refractivity contribution in [3.05, 3.63) is 65.2 Å². The molecule has 0 N–H and O–H groups in total. The number of fused-ring (bicyclic) bond motifs is 2. The molecule has 0 unspecified atom stereocenters. The maximum Gasteiger partial charge on any atom is 0.328 e. The third-order valence-electron chi connectivity index (χ3n) is 8.06. The van der Waals surface area contributed by atoms with E-state index >= 15 is 0 Å². The molecule has 0 radical (unpaired) electrons. The molecular weight excluding hydrogens is 560 g/mol. The van der Waals surface area contributed by atoms with Crippen LogP contribution in [0.1, 0.15) is 12.0 Å². The SMILES string of the molecule is Cn1cc(-c2cc3nc(-c4cncn4C)n(-c4cc(N5CCSCC5)c5c(c4)n(C)c(=O)n5C)c3cc2C(F)F)cn1. The molecule has 5 heterocycles. The number of anilines is 1. The van der Waals surface area contributed by atoms with Crippen LogP contribution in [0, 0.1) is 0 Å². The summed E-state index contributed by atoms with van der Waals surface area (Å²) in [5.41, 5.74) is 5.84. The zero-order valence-corrected chi connectivity index (χ0v) is 24.4. The molecule has 0 aliphatic carbocycles. The van der Waals surface area contributed by atoms with Crippen molar-refractivity contribution < 1.29 is 8.78 Å². The molecule has 13 heteroatoms. The van der Waals surface area contributed by atoms with Gasteiger partial charge in [-0.25, -0.2) is 23.5 Å². The Hall–Kier alpha value is -4.39. The van der Waals surface area contributed by atoms with E-state index in [0.717, 1.165) is 52.7 Å². The second-order valence-corrected chi connectivity index (χ2v) is 11.8. The Morgan fingerprint density at radius 1 is 0.952 bits per heavy atom. The summed E-state index contributed by atoms with van der Waals surface area (Å²) in [6, 6.07) is 7.23. The Balaban J connectivity index is 1.57.